The van der Waals surface area contributed by atoms with E-state index in [4.69, 9.17) is 10.7 Å². The highest BCUT2D eigenvalue weighted by molar-refractivity contribution is 6.06. The van der Waals surface area contributed by atoms with E-state index in [9.17, 15) is 27.6 Å². The summed E-state index contributed by atoms with van der Waals surface area (Å²) in [5.74, 6) is -3.02. The van der Waals surface area contributed by atoms with E-state index < -0.39 is 24.3 Å². The first kappa shape index (κ1) is 28.2. The van der Waals surface area contributed by atoms with Crippen LogP contribution in [0.5, 0.6) is 0 Å². The highest BCUT2D eigenvalue weighted by atomic mass is 19.4. The van der Waals surface area contributed by atoms with E-state index in [1.54, 1.807) is 24.3 Å². The number of hydrogen-bond donors (Lipinski definition) is 3. The number of aromatic nitrogens is 2. The predicted octanol–water partition coefficient (Wildman–Crippen LogP) is 3.89. The fraction of sp³-hybridized carbons (Fsp3) is 0.179. The molecule has 1 unspecified atom stereocenters. The van der Waals surface area contributed by atoms with Gasteiger partial charge >= 0.3 is 12.1 Å². The van der Waals surface area contributed by atoms with Crippen molar-refractivity contribution in [2.45, 2.75) is 19.3 Å². The number of fused-ring (bicyclic) bond motifs is 1. The lowest BCUT2D eigenvalue weighted by atomic mass is 9.96. The molecule has 0 spiro atoms. The fourth-order valence-electron chi connectivity index (χ4n) is 3.91. The van der Waals surface area contributed by atoms with Crippen molar-refractivity contribution in [1.82, 2.24) is 20.6 Å². The van der Waals surface area contributed by atoms with Crippen LogP contribution in [0.2, 0.25) is 0 Å². The number of alkyl halides is 3. The quantitative estimate of drug-likeness (QED) is 0.172. The molecule has 2 amide bonds. The summed E-state index contributed by atoms with van der Waals surface area (Å²) in [5.41, 5.74) is 9.07. The topological polar surface area (TPSA) is 136 Å². The van der Waals surface area contributed by atoms with Gasteiger partial charge in [0.25, 0.3) is 5.91 Å². The minimum atomic E-state index is -5.16. The standard InChI is InChI=1S/C28H24F3N5O4/c1-16(37)33-13-14-35-26(38)24-21-15-20(17-5-3-2-4-6-17)23(36-22(21)11-12-34-24)18-7-9-19(10-8-18)25(32)40-27(39)28(29,30)31/h2-12,15,25H,13-14,32H2,1H3,(H,33,37)(H,35,38). The van der Waals surface area contributed by atoms with Crippen molar-refractivity contribution < 1.29 is 32.3 Å². The molecule has 4 N–H and O–H groups in total. The van der Waals surface area contributed by atoms with Crippen molar-refractivity contribution in [3.05, 3.63) is 84.2 Å². The number of esters is 1. The van der Waals surface area contributed by atoms with Gasteiger partial charge in [-0.2, -0.15) is 13.2 Å². The third-order valence-electron chi connectivity index (χ3n) is 5.81. The second-order valence-corrected chi connectivity index (χ2v) is 8.66. The normalized spacial score (nSPS) is 12.0. The molecule has 0 aliphatic rings. The third kappa shape index (κ3) is 6.59. The number of benzene rings is 2. The van der Waals surface area contributed by atoms with E-state index >= 15 is 0 Å². The monoisotopic (exact) mass is 551 g/mol. The second kappa shape index (κ2) is 11.9. The number of halogens is 3. The van der Waals surface area contributed by atoms with Crippen LogP contribution in [0.3, 0.4) is 0 Å². The Morgan fingerprint density at radius 1 is 0.950 bits per heavy atom. The molecule has 2 aromatic carbocycles. The molecule has 0 saturated heterocycles. The van der Waals surface area contributed by atoms with Crippen LogP contribution in [0.1, 0.15) is 29.2 Å². The minimum absolute atomic E-state index is 0.157. The Hall–Kier alpha value is -4.84. The largest absolute Gasteiger partial charge is 0.490 e. The van der Waals surface area contributed by atoms with E-state index in [-0.39, 0.29) is 30.3 Å². The fourth-order valence-corrected chi connectivity index (χ4v) is 3.91. The number of nitrogens with zero attached hydrogens (tertiary/aromatic N) is 2. The highest BCUT2D eigenvalue weighted by Crippen LogP contribution is 2.34. The number of nitrogens with two attached hydrogens (primary N) is 1. The third-order valence-corrected chi connectivity index (χ3v) is 5.81. The molecular weight excluding hydrogens is 527 g/mol. The van der Waals surface area contributed by atoms with E-state index in [1.165, 1.54) is 25.3 Å². The van der Waals surface area contributed by atoms with Gasteiger partial charge in [-0.3, -0.25) is 20.3 Å². The molecule has 0 bridgehead atoms. The van der Waals surface area contributed by atoms with Gasteiger partial charge in [-0.05, 0) is 17.7 Å². The minimum Gasteiger partial charge on any atom is -0.436 e. The maximum atomic E-state index is 12.9. The number of hydrogen-bond acceptors (Lipinski definition) is 7. The molecule has 0 fully saturated rings. The van der Waals surface area contributed by atoms with Gasteiger partial charge in [-0.25, -0.2) is 9.78 Å². The Balaban J connectivity index is 1.71. The van der Waals surface area contributed by atoms with Crippen LogP contribution < -0.4 is 16.4 Å². The van der Waals surface area contributed by atoms with Gasteiger partial charge in [0, 0.05) is 48.3 Å². The van der Waals surface area contributed by atoms with E-state index in [2.05, 4.69) is 20.4 Å². The molecule has 2 heterocycles. The van der Waals surface area contributed by atoms with Gasteiger partial charge in [-0.1, -0.05) is 54.6 Å². The van der Waals surface area contributed by atoms with Gasteiger partial charge in [0.2, 0.25) is 5.91 Å². The van der Waals surface area contributed by atoms with Crippen molar-refractivity contribution in [3.63, 3.8) is 0 Å². The first-order valence-corrected chi connectivity index (χ1v) is 12.1. The number of rotatable bonds is 8. The summed E-state index contributed by atoms with van der Waals surface area (Å²) >= 11 is 0. The lowest BCUT2D eigenvalue weighted by Crippen LogP contribution is -2.34. The lowest BCUT2D eigenvalue weighted by molar-refractivity contribution is -0.205. The van der Waals surface area contributed by atoms with Crippen molar-refractivity contribution in [2.75, 3.05) is 13.1 Å². The number of ether oxygens (including phenoxy) is 1. The summed E-state index contributed by atoms with van der Waals surface area (Å²) in [6.45, 7) is 1.85. The summed E-state index contributed by atoms with van der Waals surface area (Å²) in [5, 5.41) is 5.83. The average molecular weight is 552 g/mol. The highest BCUT2D eigenvalue weighted by Gasteiger charge is 2.42. The Morgan fingerprint density at radius 2 is 1.62 bits per heavy atom. The molecular formula is C28H24F3N5O4. The maximum absolute atomic E-state index is 12.9. The molecule has 4 rings (SSSR count). The number of pyridine rings is 2. The Kier molecular flexibility index (Phi) is 8.39. The van der Waals surface area contributed by atoms with E-state index in [0.29, 0.717) is 27.7 Å². The molecule has 2 aromatic heterocycles. The lowest BCUT2D eigenvalue weighted by Gasteiger charge is -2.16. The van der Waals surface area contributed by atoms with Crippen molar-refractivity contribution >= 4 is 28.7 Å². The van der Waals surface area contributed by atoms with Crippen LogP contribution in [0.15, 0.2) is 72.9 Å². The maximum Gasteiger partial charge on any atom is 0.490 e. The molecule has 1 atom stereocenters. The summed E-state index contributed by atoms with van der Waals surface area (Å²) in [6, 6.07) is 18.9. The van der Waals surface area contributed by atoms with E-state index in [0.717, 1.165) is 5.56 Å². The molecule has 0 aliphatic carbocycles. The Labute approximate surface area is 226 Å². The summed E-state index contributed by atoms with van der Waals surface area (Å²) in [4.78, 5) is 44.2. The second-order valence-electron chi connectivity index (χ2n) is 8.66. The van der Waals surface area contributed by atoms with Crippen LogP contribution >= 0.6 is 0 Å². The molecule has 0 saturated carbocycles. The number of carbonyl (C=O) groups excluding carboxylic acids is 3. The molecule has 0 radical (unpaired) electrons. The smallest absolute Gasteiger partial charge is 0.436 e. The van der Waals surface area contributed by atoms with E-state index in [1.807, 2.05) is 30.3 Å². The summed E-state index contributed by atoms with van der Waals surface area (Å²) < 4.78 is 42.0. The Bertz CT molecular complexity index is 1540. The molecule has 4 aromatic rings. The van der Waals surface area contributed by atoms with Crippen LogP contribution in [-0.4, -0.2) is 47.0 Å². The summed E-state index contributed by atoms with van der Waals surface area (Å²) in [6.07, 6.45) is -5.31. The van der Waals surface area contributed by atoms with Gasteiger partial charge < -0.3 is 15.4 Å². The molecule has 0 aliphatic heterocycles. The van der Waals surface area contributed by atoms with Gasteiger partial charge in [0.1, 0.15) is 5.69 Å². The SMILES string of the molecule is CC(=O)NCCNC(=O)c1nccc2nc(-c3ccc(C(N)OC(=O)C(F)(F)F)cc3)c(-c3ccccc3)cc12. The van der Waals surface area contributed by atoms with Crippen LogP contribution in [0.25, 0.3) is 33.3 Å². The summed E-state index contributed by atoms with van der Waals surface area (Å²) in [7, 11) is 0. The zero-order chi connectivity index (χ0) is 28.9. The average Bonchev–Trinajstić information content (AvgIpc) is 2.94. The van der Waals surface area contributed by atoms with Crippen molar-refractivity contribution in [2.24, 2.45) is 5.73 Å². The number of amides is 2. The van der Waals surface area contributed by atoms with Gasteiger partial charge in [0.15, 0.2) is 6.23 Å². The van der Waals surface area contributed by atoms with Gasteiger partial charge in [-0.15, -0.1) is 0 Å². The first-order valence-electron chi connectivity index (χ1n) is 12.1. The van der Waals surface area contributed by atoms with Crippen LogP contribution in [0, 0.1) is 0 Å². The predicted molar refractivity (Wildman–Crippen MR) is 141 cm³/mol. The first-order chi connectivity index (χ1) is 19.0. The molecule has 12 heteroatoms. The number of carbonyl (C=O) groups is 3. The van der Waals surface area contributed by atoms with Crippen LogP contribution in [0.4, 0.5) is 13.2 Å². The zero-order valence-corrected chi connectivity index (χ0v) is 21.2. The van der Waals surface area contributed by atoms with Gasteiger partial charge in [0.05, 0.1) is 11.2 Å². The molecule has 206 valence electrons. The van der Waals surface area contributed by atoms with Crippen molar-refractivity contribution in [3.8, 4) is 22.4 Å². The molecule has 9 nitrogen and oxygen atoms in total. The number of nitrogens with one attached hydrogen (secondary N) is 2. The van der Waals surface area contributed by atoms with Crippen LogP contribution in [-0.2, 0) is 14.3 Å². The zero-order valence-electron chi connectivity index (χ0n) is 21.2. The van der Waals surface area contributed by atoms with Crippen molar-refractivity contribution in [1.29, 1.82) is 0 Å². The Morgan fingerprint density at radius 3 is 2.27 bits per heavy atom. The molecule has 40 heavy (non-hydrogen) atoms.